The highest BCUT2D eigenvalue weighted by molar-refractivity contribution is 5.81. The Labute approximate surface area is 116 Å². The van der Waals surface area contributed by atoms with Crippen molar-refractivity contribution >= 4 is 10.8 Å². The monoisotopic (exact) mass is 256 g/mol. The molecule has 102 valence electrons. The third-order valence-electron chi connectivity index (χ3n) is 3.81. The van der Waals surface area contributed by atoms with E-state index in [1.165, 1.54) is 29.2 Å². The summed E-state index contributed by atoms with van der Waals surface area (Å²) < 4.78 is 0. The van der Waals surface area contributed by atoms with Crippen LogP contribution in [0.25, 0.3) is 10.8 Å². The Kier molecular flexibility index (Phi) is 4.92. The molecule has 2 nitrogen and oxygen atoms in total. The molecule has 2 heteroatoms. The lowest BCUT2D eigenvalue weighted by Gasteiger charge is -2.17. The van der Waals surface area contributed by atoms with Crippen molar-refractivity contribution in [3.05, 3.63) is 42.2 Å². The van der Waals surface area contributed by atoms with Gasteiger partial charge in [0.1, 0.15) is 0 Å². The van der Waals surface area contributed by atoms with Gasteiger partial charge in [0.2, 0.25) is 0 Å². The Morgan fingerprint density at radius 1 is 1.16 bits per heavy atom. The SMILES string of the molecule is CCC(C)CC(C)NCc1ccc2cnccc2c1. The second kappa shape index (κ2) is 6.67. The molecule has 0 amide bonds. The van der Waals surface area contributed by atoms with E-state index in [-0.39, 0.29) is 0 Å². The molecule has 1 aromatic heterocycles. The van der Waals surface area contributed by atoms with E-state index in [1.807, 2.05) is 12.4 Å². The van der Waals surface area contributed by atoms with Crippen molar-refractivity contribution in [2.45, 2.75) is 46.2 Å². The number of hydrogen-bond acceptors (Lipinski definition) is 2. The highest BCUT2D eigenvalue weighted by atomic mass is 14.9. The van der Waals surface area contributed by atoms with Gasteiger partial charge < -0.3 is 5.32 Å². The summed E-state index contributed by atoms with van der Waals surface area (Å²) in [4.78, 5) is 4.14. The maximum Gasteiger partial charge on any atom is 0.0346 e. The van der Waals surface area contributed by atoms with Crippen LogP contribution in [-0.2, 0) is 6.54 Å². The third kappa shape index (κ3) is 4.03. The summed E-state index contributed by atoms with van der Waals surface area (Å²) >= 11 is 0. The topological polar surface area (TPSA) is 24.9 Å². The van der Waals surface area contributed by atoms with Crippen LogP contribution in [0.3, 0.4) is 0 Å². The van der Waals surface area contributed by atoms with Crippen LogP contribution in [0.5, 0.6) is 0 Å². The molecule has 0 fully saturated rings. The average molecular weight is 256 g/mol. The predicted molar refractivity (Wildman–Crippen MR) is 82.1 cm³/mol. The number of nitrogens with zero attached hydrogens (tertiary/aromatic N) is 1. The van der Waals surface area contributed by atoms with Gasteiger partial charge in [-0.2, -0.15) is 0 Å². The highest BCUT2D eigenvalue weighted by Crippen LogP contribution is 2.15. The molecule has 0 saturated heterocycles. The molecule has 1 heterocycles. The summed E-state index contributed by atoms with van der Waals surface area (Å²) in [5.74, 6) is 0.796. The fraction of sp³-hybridized carbons (Fsp3) is 0.471. The number of fused-ring (bicyclic) bond motifs is 1. The molecular weight excluding hydrogens is 232 g/mol. The smallest absolute Gasteiger partial charge is 0.0346 e. The zero-order valence-corrected chi connectivity index (χ0v) is 12.2. The molecule has 2 atom stereocenters. The summed E-state index contributed by atoms with van der Waals surface area (Å²) in [5, 5.41) is 6.09. The van der Waals surface area contributed by atoms with E-state index < -0.39 is 0 Å². The molecule has 2 rings (SSSR count). The van der Waals surface area contributed by atoms with Gasteiger partial charge in [0, 0.05) is 30.4 Å². The second-order valence-corrected chi connectivity index (χ2v) is 5.59. The minimum absolute atomic E-state index is 0.572. The van der Waals surface area contributed by atoms with Gasteiger partial charge in [0.05, 0.1) is 0 Å². The van der Waals surface area contributed by atoms with Crippen LogP contribution in [0.1, 0.15) is 39.2 Å². The second-order valence-electron chi connectivity index (χ2n) is 5.59. The van der Waals surface area contributed by atoms with Crippen molar-refractivity contribution in [1.29, 1.82) is 0 Å². The minimum atomic E-state index is 0.572. The third-order valence-corrected chi connectivity index (χ3v) is 3.81. The van der Waals surface area contributed by atoms with E-state index in [2.05, 4.69) is 55.3 Å². The predicted octanol–water partition coefficient (Wildman–Crippen LogP) is 4.15. The highest BCUT2D eigenvalue weighted by Gasteiger charge is 2.06. The fourth-order valence-corrected chi connectivity index (χ4v) is 2.39. The van der Waals surface area contributed by atoms with Crippen molar-refractivity contribution in [3.8, 4) is 0 Å². The molecule has 0 spiro atoms. The Hall–Kier alpha value is -1.41. The number of nitrogens with one attached hydrogen (secondary N) is 1. The molecule has 19 heavy (non-hydrogen) atoms. The lowest BCUT2D eigenvalue weighted by Crippen LogP contribution is -2.27. The maximum absolute atomic E-state index is 4.14. The van der Waals surface area contributed by atoms with Crippen molar-refractivity contribution in [2.24, 2.45) is 5.92 Å². The lowest BCUT2D eigenvalue weighted by molar-refractivity contribution is 0.412. The lowest BCUT2D eigenvalue weighted by atomic mass is 10.00. The van der Waals surface area contributed by atoms with E-state index in [0.29, 0.717) is 6.04 Å². The molecular formula is C17H24N2. The minimum Gasteiger partial charge on any atom is -0.310 e. The molecule has 1 N–H and O–H groups in total. The Balaban J connectivity index is 1.94. The summed E-state index contributed by atoms with van der Waals surface area (Å²) in [6.07, 6.45) is 6.27. The van der Waals surface area contributed by atoms with E-state index in [4.69, 9.17) is 0 Å². The number of aromatic nitrogens is 1. The number of hydrogen-bond donors (Lipinski definition) is 1. The van der Waals surface area contributed by atoms with Gasteiger partial charge in [-0.3, -0.25) is 4.98 Å². The zero-order valence-electron chi connectivity index (χ0n) is 12.2. The average Bonchev–Trinajstić information content (AvgIpc) is 2.44. The summed E-state index contributed by atoms with van der Waals surface area (Å²) in [6.45, 7) is 7.79. The number of benzene rings is 1. The first-order valence-corrected chi connectivity index (χ1v) is 7.25. The van der Waals surface area contributed by atoms with Crippen molar-refractivity contribution in [1.82, 2.24) is 10.3 Å². The van der Waals surface area contributed by atoms with E-state index in [9.17, 15) is 0 Å². The first kappa shape index (κ1) is 14.0. The van der Waals surface area contributed by atoms with Gasteiger partial charge in [-0.25, -0.2) is 0 Å². The van der Waals surface area contributed by atoms with Crippen LogP contribution in [0.4, 0.5) is 0 Å². The number of rotatable bonds is 6. The molecule has 0 bridgehead atoms. The normalized spacial score (nSPS) is 14.5. The van der Waals surface area contributed by atoms with Crippen molar-refractivity contribution in [2.75, 3.05) is 0 Å². The summed E-state index contributed by atoms with van der Waals surface area (Å²) in [6, 6.07) is 9.23. The first-order valence-electron chi connectivity index (χ1n) is 7.25. The van der Waals surface area contributed by atoms with Gasteiger partial charge in [0.15, 0.2) is 0 Å². The standard InChI is InChI=1S/C17H24N2/c1-4-13(2)9-14(3)19-11-15-5-6-17-12-18-8-7-16(17)10-15/h5-8,10,12-14,19H,4,9,11H2,1-3H3. The van der Waals surface area contributed by atoms with Gasteiger partial charge in [0.25, 0.3) is 0 Å². The van der Waals surface area contributed by atoms with Gasteiger partial charge in [-0.05, 0) is 42.3 Å². The van der Waals surface area contributed by atoms with Crippen LogP contribution in [0, 0.1) is 5.92 Å². The first-order chi connectivity index (χ1) is 9.19. The van der Waals surface area contributed by atoms with Crippen LogP contribution < -0.4 is 5.32 Å². The molecule has 0 radical (unpaired) electrons. The molecule has 0 saturated carbocycles. The molecule has 2 unspecified atom stereocenters. The van der Waals surface area contributed by atoms with Crippen molar-refractivity contribution < 1.29 is 0 Å². The molecule has 0 aliphatic heterocycles. The van der Waals surface area contributed by atoms with Gasteiger partial charge >= 0.3 is 0 Å². The van der Waals surface area contributed by atoms with Crippen molar-refractivity contribution in [3.63, 3.8) is 0 Å². The van der Waals surface area contributed by atoms with Gasteiger partial charge in [-0.15, -0.1) is 0 Å². The maximum atomic E-state index is 4.14. The molecule has 0 aliphatic rings. The Morgan fingerprint density at radius 2 is 2.00 bits per heavy atom. The summed E-state index contributed by atoms with van der Waals surface area (Å²) in [5.41, 5.74) is 1.34. The van der Waals surface area contributed by atoms with Crippen LogP contribution in [0.15, 0.2) is 36.7 Å². The van der Waals surface area contributed by atoms with E-state index in [1.54, 1.807) is 0 Å². The van der Waals surface area contributed by atoms with Crippen LogP contribution >= 0.6 is 0 Å². The van der Waals surface area contributed by atoms with Gasteiger partial charge in [-0.1, -0.05) is 32.4 Å². The molecule has 1 aromatic carbocycles. The zero-order chi connectivity index (χ0) is 13.7. The molecule has 2 aromatic rings. The Bertz CT molecular complexity index is 521. The number of pyridine rings is 1. The fourth-order valence-electron chi connectivity index (χ4n) is 2.39. The summed E-state index contributed by atoms with van der Waals surface area (Å²) in [7, 11) is 0. The van der Waals surface area contributed by atoms with Crippen LogP contribution in [0.2, 0.25) is 0 Å². The van der Waals surface area contributed by atoms with E-state index in [0.717, 1.165) is 12.5 Å². The van der Waals surface area contributed by atoms with E-state index >= 15 is 0 Å². The Morgan fingerprint density at radius 3 is 2.79 bits per heavy atom. The quantitative estimate of drug-likeness (QED) is 0.840. The largest absolute Gasteiger partial charge is 0.310 e. The van der Waals surface area contributed by atoms with Crippen LogP contribution in [-0.4, -0.2) is 11.0 Å². The molecule has 0 aliphatic carbocycles.